The van der Waals surface area contributed by atoms with Crippen LogP contribution in [0.2, 0.25) is 0 Å². The third kappa shape index (κ3) is 3.87. The molecule has 0 saturated heterocycles. The van der Waals surface area contributed by atoms with Crippen LogP contribution in [-0.4, -0.2) is 20.8 Å². The number of nitrogens with one attached hydrogen (secondary N) is 1. The second kappa shape index (κ2) is 5.67. The van der Waals surface area contributed by atoms with Gasteiger partial charge in [-0.1, -0.05) is 5.92 Å². The van der Waals surface area contributed by atoms with Crippen LogP contribution in [0.5, 0.6) is 0 Å². The van der Waals surface area contributed by atoms with Crippen LogP contribution in [0.3, 0.4) is 0 Å². The predicted octanol–water partition coefficient (Wildman–Crippen LogP) is 2.09. The summed E-state index contributed by atoms with van der Waals surface area (Å²) in [5, 5.41) is 2.41. The zero-order valence-electron chi connectivity index (χ0n) is 10.1. The van der Waals surface area contributed by atoms with Gasteiger partial charge in [-0.05, 0) is 38.1 Å². The van der Waals surface area contributed by atoms with Gasteiger partial charge in [0.2, 0.25) is 0 Å². The van der Waals surface area contributed by atoms with E-state index in [4.69, 9.17) is 6.42 Å². The van der Waals surface area contributed by atoms with Crippen molar-refractivity contribution < 1.29 is 13.6 Å². The van der Waals surface area contributed by atoms with Gasteiger partial charge in [0.05, 0.1) is 4.90 Å². The molecule has 1 atom stereocenters. The fraction of sp³-hybridized carbons (Fsp3) is 0.250. The smallest absolute Gasteiger partial charge is 0.333 e. The van der Waals surface area contributed by atoms with Crippen molar-refractivity contribution in [3.8, 4) is 12.3 Å². The topological polar surface area (TPSA) is 78.8 Å². The normalized spacial score (nSPS) is 13.5. The lowest BCUT2D eigenvalue weighted by molar-refractivity contribution is 0.247. The largest absolute Gasteiger partial charge is 0.351 e. The Morgan fingerprint density at radius 3 is 2.44 bits per heavy atom. The van der Waals surface area contributed by atoms with Crippen molar-refractivity contribution in [3.63, 3.8) is 0 Å². The summed E-state index contributed by atoms with van der Waals surface area (Å²) in [6, 6.07) is 4.81. The molecule has 0 aliphatic carbocycles. The number of benzene rings is 1. The molecule has 5 nitrogen and oxygen atoms in total. The van der Waals surface area contributed by atoms with Crippen LogP contribution < -0.4 is 5.32 Å². The molecule has 0 bridgehead atoms. The Balaban J connectivity index is 3.05. The minimum absolute atomic E-state index is 0.0420. The molecule has 0 saturated carbocycles. The van der Waals surface area contributed by atoms with E-state index < -0.39 is 16.0 Å². The Kier molecular flexibility index (Phi) is 4.48. The van der Waals surface area contributed by atoms with Crippen molar-refractivity contribution in [2.75, 3.05) is 0 Å². The van der Waals surface area contributed by atoms with Gasteiger partial charge < -0.3 is 5.32 Å². The van der Waals surface area contributed by atoms with E-state index in [9.17, 15) is 13.6 Å². The number of rotatable bonds is 2. The first-order valence-corrected chi connectivity index (χ1v) is 6.69. The van der Waals surface area contributed by atoms with E-state index in [0.717, 1.165) is 0 Å². The van der Waals surface area contributed by atoms with Crippen molar-refractivity contribution in [3.05, 3.63) is 29.8 Å². The van der Waals surface area contributed by atoms with Crippen LogP contribution in [0.15, 0.2) is 33.5 Å². The molecule has 1 unspecified atom stereocenters. The van der Waals surface area contributed by atoms with Gasteiger partial charge in [-0.2, -0.15) is 0 Å². The molecule has 0 aliphatic heterocycles. The van der Waals surface area contributed by atoms with Gasteiger partial charge in [0.25, 0.3) is 0 Å². The SMILES string of the molecule is C#Cc1ccc(S(=O)(O)=NC(=O)NC(C)C)cc1. The van der Waals surface area contributed by atoms with Gasteiger partial charge in [-0.15, -0.1) is 10.8 Å². The number of amides is 2. The van der Waals surface area contributed by atoms with E-state index in [1.165, 1.54) is 24.3 Å². The number of carbonyl (C=O) groups is 1. The fourth-order valence-corrected chi connectivity index (χ4v) is 2.04. The quantitative estimate of drug-likeness (QED) is 0.804. The molecule has 0 aromatic heterocycles. The summed E-state index contributed by atoms with van der Waals surface area (Å²) in [6.45, 7) is 3.46. The third-order valence-electron chi connectivity index (χ3n) is 1.95. The lowest BCUT2D eigenvalue weighted by atomic mass is 10.2. The number of nitrogens with zero attached hydrogens (tertiary/aromatic N) is 1. The number of carbonyl (C=O) groups excluding carboxylic acids is 1. The Morgan fingerprint density at radius 2 is 2.00 bits per heavy atom. The molecule has 2 amide bonds. The van der Waals surface area contributed by atoms with Gasteiger partial charge in [-0.25, -0.2) is 9.00 Å². The maximum Gasteiger partial charge on any atom is 0.351 e. The number of terminal acetylenes is 1. The van der Waals surface area contributed by atoms with Crippen LogP contribution >= 0.6 is 0 Å². The van der Waals surface area contributed by atoms with Gasteiger partial charge >= 0.3 is 6.03 Å². The number of hydrogen-bond donors (Lipinski definition) is 2. The van der Waals surface area contributed by atoms with E-state index in [-0.39, 0.29) is 10.9 Å². The maximum absolute atomic E-state index is 11.9. The second-order valence-electron chi connectivity index (χ2n) is 3.86. The van der Waals surface area contributed by atoms with E-state index >= 15 is 0 Å². The highest BCUT2D eigenvalue weighted by atomic mass is 32.2. The summed E-state index contributed by atoms with van der Waals surface area (Å²) in [6.07, 6.45) is 5.17. The Hall–Kier alpha value is -1.84. The van der Waals surface area contributed by atoms with Gasteiger partial charge in [0.15, 0.2) is 10.0 Å². The Morgan fingerprint density at radius 1 is 1.44 bits per heavy atom. The Labute approximate surface area is 107 Å². The summed E-state index contributed by atoms with van der Waals surface area (Å²) in [4.78, 5) is 11.4. The molecule has 18 heavy (non-hydrogen) atoms. The molecular weight excluding hydrogens is 252 g/mol. The van der Waals surface area contributed by atoms with Crippen LogP contribution in [0.4, 0.5) is 4.79 Å². The molecule has 0 aliphatic rings. The van der Waals surface area contributed by atoms with Crippen LogP contribution in [-0.2, 0) is 10.0 Å². The van der Waals surface area contributed by atoms with E-state index in [1.54, 1.807) is 13.8 Å². The van der Waals surface area contributed by atoms with Gasteiger partial charge in [0.1, 0.15) is 0 Å². The number of urea groups is 1. The highest BCUT2D eigenvalue weighted by Crippen LogP contribution is 2.12. The molecule has 1 aromatic rings. The lowest BCUT2D eigenvalue weighted by Gasteiger charge is -2.06. The Bertz CT molecular complexity index is 591. The zero-order chi connectivity index (χ0) is 13.8. The van der Waals surface area contributed by atoms with Crippen molar-refractivity contribution in [2.24, 2.45) is 4.36 Å². The molecule has 0 spiro atoms. The first-order chi connectivity index (χ1) is 8.35. The van der Waals surface area contributed by atoms with E-state index in [1.807, 2.05) is 0 Å². The van der Waals surface area contributed by atoms with Gasteiger partial charge in [0, 0.05) is 11.6 Å². The van der Waals surface area contributed by atoms with Crippen molar-refractivity contribution in [2.45, 2.75) is 24.8 Å². The van der Waals surface area contributed by atoms with Crippen LogP contribution in [0.1, 0.15) is 19.4 Å². The van der Waals surface area contributed by atoms with Crippen molar-refractivity contribution in [1.82, 2.24) is 5.32 Å². The molecule has 6 heteroatoms. The fourth-order valence-electron chi connectivity index (χ4n) is 1.17. The standard InChI is InChI=1S/C12H14N2O3S/c1-4-10-5-7-11(8-6-10)18(16,17)14-12(15)13-9(2)3/h1,5-9H,2-3H3,(H2,13,14,15,16,17). The molecule has 2 N–H and O–H groups in total. The summed E-state index contributed by atoms with van der Waals surface area (Å²) in [5.41, 5.74) is 0.584. The van der Waals surface area contributed by atoms with E-state index in [2.05, 4.69) is 15.6 Å². The van der Waals surface area contributed by atoms with Crippen LogP contribution in [0.25, 0.3) is 0 Å². The van der Waals surface area contributed by atoms with Crippen molar-refractivity contribution in [1.29, 1.82) is 0 Å². The minimum atomic E-state index is -3.74. The average molecular weight is 266 g/mol. The van der Waals surface area contributed by atoms with Crippen LogP contribution in [0, 0.1) is 12.3 Å². The molecular formula is C12H14N2O3S. The zero-order valence-corrected chi connectivity index (χ0v) is 10.9. The summed E-state index contributed by atoms with van der Waals surface area (Å²) in [7, 11) is -3.74. The molecule has 96 valence electrons. The second-order valence-corrected chi connectivity index (χ2v) is 5.51. The van der Waals surface area contributed by atoms with Gasteiger partial charge in [-0.3, -0.25) is 4.55 Å². The first-order valence-electron chi connectivity index (χ1n) is 5.22. The summed E-state index contributed by atoms with van der Waals surface area (Å²) in [5.74, 6) is 2.39. The van der Waals surface area contributed by atoms with E-state index in [0.29, 0.717) is 5.56 Å². The predicted molar refractivity (Wildman–Crippen MR) is 69.5 cm³/mol. The highest BCUT2D eigenvalue weighted by molar-refractivity contribution is 7.88. The molecule has 0 heterocycles. The monoisotopic (exact) mass is 266 g/mol. The lowest BCUT2D eigenvalue weighted by Crippen LogP contribution is -2.28. The molecule has 0 radical (unpaired) electrons. The third-order valence-corrected chi connectivity index (χ3v) is 3.25. The minimum Gasteiger partial charge on any atom is -0.333 e. The molecule has 1 rings (SSSR count). The molecule has 1 aromatic carbocycles. The average Bonchev–Trinajstić information content (AvgIpc) is 2.27. The first kappa shape index (κ1) is 14.2. The van der Waals surface area contributed by atoms with Crippen molar-refractivity contribution >= 4 is 16.0 Å². The molecule has 0 fully saturated rings. The maximum atomic E-state index is 11.9. The summed E-state index contributed by atoms with van der Waals surface area (Å²) < 4.78 is 24.8. The highest BCUT2D eigenvalue weighted by Gasteiger charge is 2.11. The number of hydrogen-bond acceptors (Lipinski definition) is 2. The summed E-state index contributed by atoms with van der Waals surface area (Å²) >= 11 is 0.